The number of anilines is 1. The Morgan fingerprint density at radius 3 is 2.57 bits per heavy atom. The van der Waals surface area contributed by atoms with E-state index in [4.69, 9.17) is 16.3 Å². The van der Waals surface area contributed by atoms with Gasteiger partial charge >= 0.3 is 0 Å². The number of rotatable bonds is 5. The molecule has 0 radical (unpaired) electrons. The Hall–Kier alpha value is -2.67. The highest BCUT2D eigenvalue weighted by Gasteiger charge is 2.08. The van der Waals surface area contributed by atoms with E-state index in [9.17, 15) is 14.9 Å². The van der Waals surface area contributed by atoms with Crippen LogP contribution < -0.4 is 10.1 Å². The van der Waals surface area contributed by atoms with Gasteiger partial charge in [-0.25, -0.2) is 4.98 Å². The minimum Gasteiger partial charge on any atom is -0.484 e. The number of carbonyl (C=O) groups excluding carboxylic acids is 1. The first-order valence-electron chi connectivity index (χ1n) is 5.83. The smallest absolute Gasteiger partial charge is 0.287 e. The van der Waals surface area contributed by atoms with Crippen LogP contribution in [0.25, 0.3) is 0 Å². The van der Waals surface area contributed by atoms with Gasteiger partial charge in [0.15, 0.2) is 6.61 Å². The van der Waals surface area contributed by atoms with Crippen molar-refractivity contribution in [3.8, 4) is 5.75 Å². The first-order valence-corrected chi connectivity index (χ1v) is 6.21. The number of halogens is 1. The van der Waals surface area contributed by atoms with E-state index in [1.165, 1.54) is 12.1 Å². The standard InChI is InChI=1S/C13H10ClN3O4/c14-9-1-4-11(5-2-9)21-8-13(18)16-12-6-3-10(7-15-12)17(19)20/h1-7H,8H2,(H,15,16,18). The summed E-state index contributed by atoms with van der Waals surface area (Å²) >= 11 is 5.73. The number of pyridine rings is 1. The number of carbonyl (C=O) groups is 1. The second kappa shape index (κ2) is 6.67. The summed E-state index contributed by atoms with van der Waals surface area (Å²) < 4.78 is 5.25. The molecule has 1 aromatic carbocycles. The molecular weight excluding hydrogens is 298 g/mol. The maximum absolute atomic E-state index is 11.6. The molecular formula is C13H10ClN3O4. The fourth-order valence-corrected chi connectivity index (χ4v) is 1.55. The van der Waals surface area contributed by atoms with Crippen molar-refractivity contribution in [2.24, 2.45) is 0 Å². The van der Waals surface area contributed by atoms with Crippen molar-refractivity contribution in [2.75, 3.05) is 11.9 Å². The maximum Gasteiger partial charge on any atom is 0.287 e. The van der Waals surface area contributed by atoms with E-state index < -0.39 is 10.8 Å². The predicted molar refractivity (Wildman–Crippen MR) is 76.5 cm³/mol. The maximum atomic E-state index is 11.6. The summed E-state index contributed by atoms with van der Waals surface area (Å²) in [5.41, 5.74) is -0.148. The molecule has 1 aromatic heterocycles. The van der Waals surface area contributed by atoms with Crippen LogP contribution in [0.4, 0.5) is 11.5 Å². The van der Waals surface area contributed by atoms with Gasteiger partial charge in [-0.1, -0.05) is 11.6 Å². The highest BCUT2D eigenvalue weighted by molar-refractivity contribution is 6.30. The Balaban J connectivity index is 1.86. The van der Waals surface area contributed by atoms with Gasteiger partial charge in [-0.15, -0.1) is 0 Å². The molecule has 1 heterocycles. The van der Waals surface area contributed by atoms with Crippen molar-refractivity contribution in [3.05, 3.63) is 57.7 Å². The second-order valence-corrected chi connectivity index (χ2v) is 4.39. The molecule has 0 bridgehead atoms. The first-order chi connectivity index (χ1) is 10.0. The van der Waals surface area contributed by atoms with Crippen molar-refractivity contribution in [2.45, 2.75) is 0 Å². The van der Waals surface area contributed by atoms with Gasteiger partial charge in [0, 0.05) is 11.1 Å². The van der Waals surface area contributed by atoms with E-state index in [0.29, 0.717) is 10.8 Å². The third-order valence-electron chi connectivity index (χ3n) is 2.41. The molecule has 108 valence electrons. The fraction of sp³-hybridized carbons (Fsp3) is 0.0769. The molecule has 7 nitrogen and oxygen atoms in total. The summed E-state index contributed by atoms with van der Waals surface area (Å²) in [5.74, 6) is 0.294. The topological polar surface area (TPSA) is 94.4 Å². The molecule has 0 spiro atoms. The molecule has 8 heteroatoms. The van der Waals surface area contributed by atoms with Gasteiger partial charge in [-0.2, -0.15) is 0 Å². The quantitative estimate of drug-likeness (QED) is 0.677. The van der Waals surface area contributed by atoms with Gasteiger partial charge in [0.05, 0.1) is 4.92 Å². The van der Waals surface area contributed by atoms with Gasteiger partial charge in [0.2, 0.25) is 0 Å². The van der Waals surface area contributed by atoms with Crippen LogP contribution in [0.5, 0.6) is 5.75 Å². The molecule has 1 amide bonds. The molecule has 0 saturated carbocycles. The SMILES string of the molecule is O=C(COc1ccc(Cl)cc1)Nc1ccc([N+](=O)[O-])cn1. The number of nitrogens with one attached hydrogen (secondary N) is 1. The molecule has 0 unspecified atom stereocenters. The number of aromatic nitrogens is 1. The lowest BCUT2D eigenvalue weighted by molar-refractivity contribution is -0.385. The average molecular weight is 308 g/mol. The number of nitrogens with zero attached hydrogens (tertiary/aromatic N) is 2. The fourth-order valence-electron chi connectivity index (χ4n) is 1.43. The van der Waals surface area contributed by atoms with Gasteiger partial charge in [-0.05, 0) is 30.3 Å². The summed E-state index contributed by atoms with van der Waals surface area (Å²) in [7, 11) is 0. The number of ether oxygens (including phenoxy) is 1. The Morgan fingerprint density at radius 2 is 2.00 bits per heavy atom. The Bertz CT molecular complexity index is 643. The highest BCUT2D eigenvalue weighted by atomic mass is 35.5. The van der Waals surface area contributed by atoms with Crippen LogP contribution in [0.15, 0.2) is 42.6 Å². The lowest BCUT2D eigenvalue weighted by Crippen LogP contribution is -2.20. The number of nitro groups is 1. The van der Waals surface area contributed by atoms with Crippen LogP contribution in [-0.4, -0.2) is 22.4 Å². The van der Waals surface area contributed by atoms with E-state index in [1.54, 1.807) is 24.3 Å². The number of hydrogen-bond acceptors (Lipinski definition) is 5. The normalized spacial score (nSPS) is 9.95. The number of amides is 1. The molecule has 0 atom stereocenters. The van der Waals surface area contributed by atoms with Gasteiger partial charge in [-0.3, -0.25) is 14.9 Å². The second-order valence-electron chi connectivity index (χ2n) is 3.95. The highest BCUT2D eigenvalue weighted by Crippen LogP contribution is 2.15. The number of benzene rings is 1. The van der Waals surface area contributed by atoms with Crippen LogP contribution in [0.1, 0.15) is 0 Å². The van der Waals surface area contributed by atoms with Crippen LogP contribution >= 0.6 is 11.6 Å². The zero-order valence-electron chi connectivity index (χ0n) is 10.7. The van der Waals surface area contributed by atoms with Gasteiger partial charge in [0.25, 0.3) is 11.6 Å². The largest absolute Gasteiger partial charge is 0.484 e. The Morgan fingerprint density at radius 1 is 1.29 bits per heavy atom. The van der Waals surface area contributed by atoms with Crippen LogP contribution in [0.3, 0.4) is 0 Å². The molecule has 0 aliphatic carbocycles. The van der Waals surface area contributed by atoms with Crippen LogP contribution in [0, 0.1) is 10.1 Å². The van der Waals surface area contributed by atoms with Crippen molar-refractivity contribution < 1.29 is 14.5 Å². The van der Waals surface area contributed by atoms with E-state index in [1.807, 2.05) is 0 Å². The van der Waals surface area contributed by atoms with E-state index in [-0.39, 0.29) is 18.1 Å². The summed E-state index contributed by atoms with van der Waals surface area (Å²) in [4.78, 5) is 25.3. The third kappa shape index (κ3) is 4.43. The summed E-state index contributed by atoms with van der Waals surface area (Å²) in [6.07, 6.45) is 1.07. The zero-order chi connectivity index (χ0) is 15.2. The van der Waals surface area contributed by atoms with Crippen molar-refractivity contribution >= 4 is 29.0 Å². The zero-order valence-corrected chi connectivity index (χ0v) is 11.4. The van der Waals surface area contributed by atoms with Gasteiger partial charge in [0.1, 0.15) is 17.8 Å². The molecule has 0 aliphatic heterocycles. The molecule has 1 N–H and O–H groups in total. The summed E-state index contributed by atoms with van der Waals surface area (Å²) in [6, 6.07) is 9.17. The predicted octanol–water partition coefficient (Wildman–Crippen LogP) is 2.66. The third-order valence-corrected chi connectivity index (χ3v) is 2.66. The number of hydrogen-bond donors (Lipinski definition) is 1. The minimum atomic E-state index is -0.567. The van der Waals surface area contributed by atoms with Crippen LogP contribution in [-0.2, 0) is 4.79 Å². The van der Waals surface area contributed by atoms with Crippen molar-refractivity contribution in [1.82, 2.24) is 4.98 Å². The Labute approximate surface area is 124 Å². The van der Waals surface area contributed by atoms with E-state index >= 15 is 0 Å². The lowest BCUT2D eigenvalue weighted by atomic mass is 10.3. The molecule has 0 fully saturated rings. The monoisotopic (exact) mass is 307 g/mol. The van der Waals surface area contributed by atoms with E-state index in [2.05, 4.69) is 10.3 Å². The molecule has 0 aliphatic rings. The minimum absolute atomic E-state index is 0.148. The first kappa shape index (κ1) is 14.7. The van der Waals surface area contributed by atoms with Crippen molar-refractivity contribution in [1.29, 1.82) is 0 Å². The molecule has 21 heavy (non-hydrogen) atoms. The van der Waals surface area contributed by atoms with E-state index in [0.717, 1.165) is 6.20 Å². The molecule has 2 aromatic rings. The lowest BCUT2D eigenvalue weighted by Gasteiger charge is -2.06. The van der Waals surface area contributed by atoms with Crippen molar-refractivity contribution in [3.63, 3.8) is 0 Å². The Kier molecular flexibility index (Phi) is 4.68. The summed E-state index contributed by atoms with van der Waals surface area (Å²) in [6.45, 7) is -0.208. The molecule has 2 rings (SSSR count). The van der Waals surface area contributed by atoms with Gasteiger partial charge < -0.3 is 10.1 Å². The molecule has 0 saturated heterocycles. The average Bonchev–Trinajstić information content (AvgIpc) is 2.47. The van der Waals surface area contributed by atoms with Crippen LogP contribution in [0.2, 0.25) is 5.02 Å². The summed E-state index contributed by atoms with van der Waals surface area (Å²) in [5, 5.41) is 13.5.